The Morgan fingerprint density at radius 1 is 1.26 bits per heavy atom. The highest BCUT2D eigenvalue weighted by Gasteiger charge is 2.05. The van der Waals surface area contributed by atoms with Crippen LogP contribution in [0.4, 0.5) is 17.2 Å². The Bertz CT molecular complexity index is 613. The van der Waals surface area contributed by atoms with Gasteiger partial charge in [-0.2, -0.15) is 0 Å². The second-order valence-corrected chi connectivity index (χ2v) is 4.97. The Hall–Kier alpha value is -1.88. The molecule has 0 aliphatic carbocycles. The standard InChI is InChI=1S/C14H14BrN3O/c1-9-6-7-16-14(13(9)15)18-12-5-3-4-11(8-12)17-10(2)19/h3-8H,1-2H3,(H,16,18)(H,17,19). The number of pyridine rings is 1. The van der Waals surface area contributed by atoms with Crippen molar-refractivity contribution in [3.63, 3.8) is 0 Å². The number of aromatic nitrogens is 1. The van der Waals surface area contributed by atoms with E-state index in [4.69, 9.17) is 0 Å². The molecule has 0 atom stereocenters. The van der Waals surface area contributed by atoms with E-state index < -0.39 is 0 Å². The number of aryl methyl sites for hydroxylation is 1. The van der Waals surface area contributed by atoms with Crippen molar-refractivity contribution in [1.29, 1.82) is 0 Å². The zero-order valence-corrected chi connectivity index (χ0v) is 12.3. The Morgan fingerprint density at radius 3 is 2.74 bits per heavy atom. The smallest absolute Gasteiger partial charge is 0.221 e. The average Bonchev–Trinajstić information content (AvgIpc) is 2.35. The fourth-order valence-electron chi connectivity index (χ4n) is 1.64. The van der Waals surface area contributed by atoms with Gasteiger partial charge in [-0.15, -0.1) is 0 Å². The van der Waals surface area contributed by atoms with Gasteiger partial charge in [0.2, 0.25) is 5.91 Å². The largest absolute Gasteiger partial charge is 0.339 e. The number of halogens is 1. The molecule has 0 aliphatic rings. The Morgan fingerprint density at radius 2 is 2.00 bits per heavy atom. The summed E-state index contributed by atoms with van der Waals surface area (Å²) in [5.74, 6) is 0.659. The molecule has 0 saturated carbocycles. The van der Waals surface area contributed by atoms with Crippen molar-refractivity contribution < 1.29 is 4.79 Å². The molecular formula is C14H14BrN3O. The van der Waals surface area contributed by atoms with Gasteiger partial charge in [0.25, 0.3) is 0 Å². The van der Waals surface area contributed by atoms with E-state index in [9.17, 15) is 4.79 Å². The van der Waals surface area contributed by atoms with Crippen LogP contribution in [0.5, 0.6) is 0 Å². The van der Waals surface area contributed by atoms with Crippen LogP contribution in [0.3, 0.4) is 0 Å². The molecular weight excluding hydrogens is 306 g/mol. The first-order chi connectivity index (χ1) is 9.06. The second-order valence-electron chi connectivity index (χ2n) is 4.18. The first kappa shape index (κ1) is 13.5. The molecule has 1 aromatic heterocycles. The lowest BCUT2D eigenvalue weighted by Crippen LogP contribution is -2.05. The Kier molecular flexibility index (Phi) is 4.16. The van der Waals surface area contributed by atoms with Gasteiger partial charge in [-0.05, 0) is 52.7 Å². The number of benzene rings is 1. The van der Waals surface area contributed by atoms with E-state index in [-0.39, 0.29) is 5.91 Å². The summed E-state index contributed by atoms with van der Waals surface area (Å²) in [6.07, 6.45) is 1.75. The number of carbonyl (C=O) groups is 1. The minimum Gasteiger partial charge on any atom is -0.339 e. The van der Waals surface area contributed by atoms with E-state index in [0.29, 0.717) is 0 Å². The van der Waals surface area contributed by atoms with Gasteiger partial charge < -0.3 is 10.6 Å². The maximum absolute atomic E-state index is 11.0. The van der Waals surface area contributed by atoms with Crippen molar-refractivity contribution >= 4 is 39.0 Å². The third-order valence-corrected chi connectivity index (χ3v) is 3.53. The predicted octanol–water partition coefficient (Wildman–Crippen LogP) is 3.85. The number of amides is 1. The average molecular weight is 320 g/mol. The highest BCUT2D eigenvalue weighted by Crippen LogP contribution is 2.27. The van der Waals surface area contributed by atoms with Crippen LogP contribution in [0, 0.1) is 6.92 Å². The van der Waals surface area contributed by atoms with Crippen molar-refractivity contribution in [3.05, 3.63) is 46.6 Å². The molecule has 5 heteroatoms. The molecule has 2 rings (SSSR count). The molecule has 0 bridgehead atoms. The third kappa shape index (κ3) is 3.54. The monoisotopic (exact) mass is 319 g/mol. The molecule has 0 fully saturated rings. The van der Waals surface area contributed by atoms with Gasteiger partial charge in [0.1, 0.15) is 5.82 Å². The molecule has 19 heavy (non-hydrogen) atoms. The van der Waals surface area contributed by atoms with E-state index in [0.717, 1.165) is 27.2 Å². The molecule has 0 aliphatic heterocycles. The lowest BCUT2D eigenvalue weighted by atomic mass is 10.2. The van der Waals surface area contributed by atoms with Gasteiger partial charge in [-0.1, -0.05) is 6.07 Å². The molecule has 2 aromatic rings. The highest BCUT2D eigenvalue weighted by molar-refractivity contribution is 9.10. The van der Waals surface area contributed by atoms with Crippen LogP contribution >= 0.6 is 15.9 Å². The minimum atomic E-state index is -0.0907. The van der Waals surface area contributed by atoms with Crippen molar-refractivity contribution in [3.8, 4) is 0 Å². The summed E-state index contributed by atoms with van der Waals surface area (Å²) in [6.45, 7) is 3.49. The Labute approximate surface area is 120 Å². The van der Waals surface area contributed by atoms with Gasteiger partial charge in [0.15, 0.2) is 0 Å². The van der Waals surface area contributed by atoms with E-state index in [2.05, 4.69) is 31.5 Å². The van der Waals surface area contributed by atoms with E-state index in [1.54, 1.807) is 6.20 Å². The fraction of sp³-hybridized carbons (Fsp3) is 0.143. The summed E-state index contributed by atoms with van der Waals surface area (Å²) in [7, 11) is 0. The van der Waals surface area contributed by atoms with Crippen LogP contribution in [-0.2, 0) is 4.79 Å². The van der Waals surface area contributed by atoms with E-state index >= 15 is 0 Å². The summed E-state index contributed by atoms with van der Waals surface area (Å²) in [5, 5.41) is 5.96. The van der Waals surface area contributed by atoms with Gasteiger partial charge in [0.05, 0.1) is 4.47 Å². The maximum atomic E-state index is 11.0. The molecule has 1 aromatic carbocycles. The van der Waals surface area contributed by atoms with Crippen molar-refractivity contribution in [1.82, 2.24) is 4.98 Å². The molecule has 98 valence electrons. The minimum absolute atomic E-state index is 0.0907. The Balaban J connectivity index is 2.23. The highest BCUT2D eigenvalue weighted by atomic mass is 79.9. The zero-order valence-electron chi connectivity index (χ0n) is 10.7. The summed E-state index contributed by atoms with van der Waals surface area (Å²) in [6, 6.07) is 9.42. The molecule has 0 saturated heterocycles. The molecule has 4 nitrogen and oxygen atoms in total. The summed E-state index contributed by atoms with van der Waals surface area (Å²) < 4.78 is 0.930. The molecule has 2 N–H and O–H groups in total. The first-order valence-corrected chi connectivity index (χ1v) is 6.61. The van der Waals surface area contributed by atoms with Crippen LogP contribution in [0.15, 0.2) is 41.0 Å². The third-order valence-electron chi connectivity index (χ3n) is 2.53. The van der Waals surface area contributed by atoms with Crippen molar-refractivity contribution in [2.75, 3.05) is 10.6 Å². The normalized spacial score (nSPS) is 10.1. The van der Waals surface area contributed by atoms with Gasteiger partial charge >= 0.3 is 0 Å². The predicted molar refractivity (Wildman–Crippen MR) is 80.7 cm³/mol. The number of rotatable bonds is 3. The molecule has 0 spiro atoms. The first-order valence-electron chi connectivity index (χ1n) is 5.82. The fourth-order valence-corrected chi connectivity index (χ4v) is 1.98. The number of nitrogens with zero attached hydrogens (tertiary/aromatic N) is 1. The van der Waals surface area contributed by atoms with Crippen LogP contribution in [0.25, 0.3) is 0 Å². The van der Waals surface area contributed by atoms with E-state index in [1.165, 1.54) is 6.92 Å². The summed E-state index contributed by atoms with van der Waals surface area (Å²) >= 11 is 3.50. The van der Waals surface area contributed by atoms with Crippen molar-refractivity contribution in [2.24, 2.45) is 0 Å². The quantitative estimate of drug-likeness (QED) is 0.903. The van der Waals surface area contributed by atoms with Crippen LogP contribution < -0.4 is 10.6 Å². The lowest BCUT2D eigenvalue weighted by Gasteiger charge is -2.10. The van der Waals surface area contributed by atoms with Gasteiger partial charge in [-0.3, -0.25) is 4.79 Å². The molecule has 1 heterocycles. The summed E-state index contributed by atoms with van der Waals surface area (Å²) in [5.41, 5.74) is 2.72. The van der Waals surface area contributed by atoms with Gasteiger partial charge in [-0.25, -0.2) is 4.98 Å². The topological polar surface area (TPSA) is 54.0 Å². The number of hydrogen-bond acceptors (Lipinski definition) is 3. The SMILES string of the molecule is CC(=O)Nc1cccc(Nc2nccc(C)c2Br)c1. The van der Waals surface area contributed by atoms with Crippen molar-refractivity contribution in [2.45, 2.75) is 13.8 Å². The molecule has 1 amide bonds. The van der Waals surface area contributed by atoms with Crippen LogP contribution in [-0.4, -0.2) is 10.9 Å². The lowest BCUT2D eigenvalue weighted by molar-refractivity contribution is -0.114. The molecule has 0 unspecified atom stereocenters. The van der Waals surface area contributed by atoms with Crippen LogP contribution in [0.1, 0.15) is 12.5 Å². The number of carbonyl (C=O) groups excluding carboxylic acids is 1. The zero-order chi connectivity index (χ0) is 13.8. The molecule has 0 radical (unpaired) electrons. The van der Waals surface area contributed by atoms with Crippen LogP contribution in [0.2, 0.25) is 0 Å². The van der Waals surface area contributed by atoms with Gasteiger partial charge in [0, 0.05) is 24.5 Å². The maximum Gasteiger partial charge on any atom is 0.221 e. The second kappa shape index (κ2) is 5.84. The number of hydrogen-bond donors (Lipinski definition) is 2. The number of anilines is 3. The number of nitrogens with one attached hydrogen (secondary N) is 2. The summed E-state index contributed by atoms with van der Waals surface area (Å²) in [4.78, 5) is 15.3. The van der Waals surface area contributed by atoms with E-state index in [1.807, 2.05) is 37.3 Å².